The minimum Gasteiger partial charge on any atom is -0.466 e. The third kappa shape index (κ3) is 6.48. The predicted octanol–water partition coefficient (Wildman–Crippen LogP) is 7.45. The molecule has 0 spiro atoms. The van der Waals surface area contributed by atoms with Gasteiger partial charge in [0.1, 0.15) is 6.61 Å². The van der Waals surface area contributed by atoms with Crippen LogP contribution in [0.3, 0.4) is 0 Å². The van der Waals surface area contributed by atoms with Gasteiger partial charge in [0.2, 0.25) is 0 Å². The number of hydrogen-bond donors (Lipinski definition) is 0. The summed E-state index contributed by atoms with van der Waals surface area (Å²) in [7, 11) is -2.11. The van der Waals surface area contributed by atoms with E-state index in [-0.39, 0.29) is 36.5 Å². The number of amides is 1. The van der Waals surface area contributed by atoms with Crippen molar-refractivity contribution in [2.45, 2.75) is 103 Å². The summed E-state index contributed by atoms with van der Waals surface area (Å²) >= 11 is 0. The van der Waals surface area contributed by atoms with Gasteiger partial charge in [0.25, 0.3) is 0 Å². The molecule has 1 aromatic rings. The van der Waals surface area contributed by atoms with Crippen molar-refractivity contribution in [3.05, 3.63) is 47.7 Å². The van der Waals surface area contributed by atoms with Crippen LogP contribution in [0.25, 0.3) is 0 Å². The van der Waals surface area contributed by atoms with Gasteiger partial charge in [0, 0.05) is 11.6 Å². The first-order chi connectivity index (χ1) is 17.6. The number of benzene rings is 1. The highest BCUT2D eigenvalue weighted by Gasteiger charge is 2.48. The summed E-state index contributed by atoms with van der Waals surface area (Å²) in [6.07, 6.45) is 4.89. The number of carbonyl (C=O) groups excluding carboxylic acids is 2. The molecule has 0 N–H and O–H groups in total. The monoisotopic (exact) mass is 529 g/mol. The molecule has 1 amide bonds. The van der Waals surface area contributed by atoms with E-state index in [0.29, 0.717) is 29.8 Å². The lowest BCUT2D eigenvalue weighted by atomic mass is 9.75. The molecular formula is C30H47NO5Si. The molecule has 6 nitrogen and oxygen atoms in total. The van der Waals surface area contributed by atoms with Gasteiger partial charge in [0.15, 0.2) is 8.32 Å². The van der Waals surface area contributed by atoms with Crippen LogP contribution in [0.15, 0.2) is 42.1 Å². The Morgan fingerprint density at radius 3 is 2.19 bits per heavy atom. The molecule has 3 rings (SSSR count). The van der Waals surface area contributed by atoms with Crippen molar-refractivity contribution in [3.63, 3.8) is 0 Å². The lowest BCUT2D eigenvalue weighted by Crippen LogP contribution is -2.54. The molecule has 0 bridgehead atoms. The van der Waals surface area contributed by atoms with E-state index >= 15 is 0 Å². The normalized spacial score (nSPS) is 22.2. The number of allylic oxidation sites excluding steroid dienone is 2. The molecule has 1 aliphatic carbocycles. The zero-order valence-electron chi connectivity index (χ0n) is 23.9. The van der Waals surface area contributed by atoms with Gasteiger partial charge in [-0.15, -0.1) is 0 Å². The molecule has 1 saturated heterocycles. The second-order valence-electron chi connectivity index (χ2n) is 11.4. The van der Waals surface area contributed by atoms with Gasteiger partial charge in [-0.3, -0.25) is 9.69 Å². The molecule has 2 aliphatic rings. The summed E-state index contributed by atoms with van der Waals surface area (Å²) in [5, 5.41) is 0. The lowest BCUT2D eigenvalue weighted by Gasteiger charge is -2.47. The molecular weight excluding hydrogens is 482 g/mol. The maximum atomic E-state index is 13.7. The third-order valence-corrected chi connectivity index (χ3v) is 14.5. The first-order valence-corrected chi connectivity index (χ1v) is 16.3. The average Bonchev–Trinajstić information content (AvgIpc) is 2.87. The van der Waals surface area contributed by atoms with Crippen LogP contribution >= 0.6 is 0 Å². The first-order valence-electron chi connectivity index (χ1n) is 14.1. The molecule has 0 radical (unpaired) electrons. The van der Waals surface area contributed by atoms with Crippen LogP contribution in [-0.2, 0) is 25.3 Å². The molecule has 0 aromatic heterocycles. The molecule has 1 aliphatic heterocycles. The SMILES string of the molecule is CCOC(=O)[C@H]1CCC=C2[C@H]1CC[C@@H](CO[Si](C(C)C)(C(C)C)C(C)C)N2C(=O)OCc1ccccc1. The Morgan fingerprint density at radius 2 is 1.59 bits per heavy atom. The Bertz CT molecular complexity index is 907. The molecule has 0 saturated carbocycles. The van der Waals surface area contributed by atoms with E-state index in [4.69, 9.17) is 13.9 Å². The predicted molar refractivity (Wildman–Crippen MR) is 149 cm³/mol. The number of fused-ring (bicyclic) bond motifs is 1. The van der Waals surface area contributed by atoms with Gasteiger partial charge < -0.3 is 13.9 Å². The summed E-state index contributed by atoms with van der Waals surface area (Å²) in [6.45, 7) is 16.6. The molecule has 1 heterocycles. The van der Waals surface area contributed by atoms with Crippen molar-refractivity contribution in [2.24, 2.45) is 11.8 Å². The molecule has 3 atom stereocenters. The quantitative estimate of drug-likeness (QED) is 0.233. The fraction of sp³-hybridized carbons (Fsp3) is 0.667. The largest absolute Gasteiger partial charge is 0.466 e. The molecule has 206 valence electrons. The Kier molecular flexibility index (Phi) is 10.4. The van der Waals surface area contributed by atoms with Gasteiger partial charge in [-0.2, -0.15) is 0 Å². The van der Waals surface area contributed by atoms with Gasteiger partial charge in [-0.1, -0.05) is 78.0 Å². The van der Waals surface area contributed by atoms with Gasteiger partial charge in [0.05, 0.1) is 25.2 Å². The number of likely N-dealkylation sites (tertiary alicyclic amines) is 1. The number of ether oxygens (including phenoxy) is 2. The minimum atomic E-state index is -2.11. The number of rotatable bonds is 10. The van der Waals surface area contributed by atoms with Crippen LogP contribution in [0.1, 0.15) is 79.7 Å². The highest BCUT2D eigenvalue weighted by atomic mass is 28.4. The second-order valence-corrected chi connectivity index (χ2v) is 16.9. The molecule has 1 aromatic carbocycles. The summed E-state index contributed by atoms with van der Waals surface area (Å²) in [4.78, 5) is 28.3. The highest BCUT2D eigenvalue weighted by molar-refractivity contribution is 6.77. The Hall–Kier alpha value is -2.12. The van der Waals surface area contributed by atoms with Gasteiger partial charge in [-0.25, -0.2) is 4.79 Å². The molecule has 7 heteroatoms. The number of esters is 1. The summed E-state index contributed by atoms with van der Waals surface area (Å²) in [6, 6.07) is 9.63. The zero-order chi connectivity index (χ0) is 27.2. The van der Waals surface area contributed by atoms with Crippen molar-refractivity contribution in [1.29, 1.82) is 0 Å². The Morgan fingerprint density at radius 1 is 0.946 bits per heavy atom. The van der Waals surface area contributed by atoms with E-state index in [1.165, 1.54) is 0 Å². The molecule has 1 fully saturated rings. The summed E-state index contributed by atoms with van der Waals surface area (Å²) < 4.78 is 18.2. The maximum Gasteiger partial charge on any atom is 0.414 e. The van der Waals surface area contributed by atoms with Crippen LogP contribution < -0.4 is 0 Å². The zero-order valence-corrected chi connectivity index (χ0v) is 24.9. The smallest absolute Gasteiger partial charge is 0.414 e. The Balaban J connectivity index is 1.87. The van der Waals surface area contributed by atoms with E-state index in [9.17, 15) is 9.59 Å². The number of piperidine rings is 1. The molecule has 37 heavy (non-hydrogen) atoms. The van der Waals surface area contributed by atoms with E-state index in [0.717, 1.165) is 36.9 Å². The summed E-state index contributed by atoms with van der Waals surface area (Å²) in [5.74, 6) is -0.409. The number of nitrogens with zero attached hydrogens (tertiary/aromatic N) is 1. The third-order valence-electron chi connectivity index (χ3n) is 8.37. The maximum absolute atomic E-state index is 13.7. The van der Waals surface area contributed by atoms with Crippen LogP contribution in [-0.4, -0.2) is 44.5 Å². The van der Waals surface area contributed by atoms with Crippen LogP contribution in [0.2, 0.25) is 16.6 Å². The van der Waals surface area contributed by atoms with Gasteiger partial charge >= 0.3 is 12.1 Å². The van der Waals surface area contributed by atoms with Crippen molar-refractivity contribution in [3.8, 4) is 0 Å². The van der Waals surface area contributed by atoms with E-state index in [1.807, 2.05) is 42.2 Å². The molecule has 0 unspecified atom stereocenters. The van der Waals surface area contributed by atoms with Crippen molar-refractivity contribution >= 4 is 20.4 Å². The van der Waals surface area contributed by atoms with Crippen molar-refractivity contribution in [2.75, 3.05) is 13.2 Å². The highest BCUT2D eigenvalue weighted by Crippen LogP contribution is 2.45. The average molecular weight is 530 g/mol. The van der Waals surface area contributed by atoms with Gasteiger partial charge in [-0.05, 0) is 54.8 Å². The van der Waals surface area contributed by atoms with E-state index < -0.39 is 8.32 Å². The van der Waals surface area contributed by atoms with Crippen molar-refractivity contribution in [1.82, 2.24) is 4.90 Å². The fourth-order valence-electron chi connectivity index (χ4n) is 6.78. The van der Waals surface area contributed by atoms with Crippen molar-refractivity contribution < 1.29 is 23.5 Å². The fourth-order valence-corrected chi connectivity index (χ4v) is 12.3. The summed E-state index contributed by atoms with van der Waals surface area (Å²) in [5.41, 5.74) is 3.25. The Labute approximate surface area is 224 Å². The second kappa shape index (κ2) is 13.1. The number of hydrogen-bond acceptors (Lipinski definition) is 5. The van der Waals surface area contributed by atoms with Crippen LogP contribution in [0.4, 0.5) is 4.79 Å². The minimum absolute atomic E-state index is 0.0318. The first kappa shape index (κ1) is 29.4. The van der Waals surface area contributed by atoms with Crippen LogP contribution in [0.5, 0.6) is 0 Å². The lowest BCUT2D eigenvalue weighted by molar-refractivity contribution is -0.150. The van der Waals surface area contributed by atoms with E-state index in [1.54, 1.807) is 0 Å². The number of carbonyl (C=O) groups is 2. The van der Waals surface area contributed by atoms with Crippen LogP contribution in [0, 0.1) is 11.8 Å². The standard InChI is InChI=1S/C30H47NO5Si/c1-8-34-29(32)27-15-12-16-28-26(27)18-17-25(20-36-37(21(2)3,22(4)5)23(6)7)31(28)30(33)35-19-24-13-10-9-11-14-24/h9-11,13-14,16,21-23,25-27H,8,12,15,17-20H2,1-7H3/t25-,26-,27-/m0/s1. The topological polar surface area (TPSA) is 65.1 Å². The van der Waals surface area contributed by atoms with E-state index in [2.05, 4.69) is 47.6 Å².